The number of para-hydroxylation sites is 1. The number of hydrogen-bond acceptors (Lipinski definition) is 7. The first-order valence-electron chi connectivity index (χ1n) is 13.2. The van der Waals surface area contributed by atoms with Crippen molar-refractivity contribution < 1.29 is 18.0 Å². The highest BCUT2D eigenvalue weighted by atomic mass is 32.2. The molecule has 38 heavy (non-hydrogen) atoms. The minimum Gasteiger partial charge on any atom is -0.370 e. The number of nitrogens with one attached hydrogen (secondary N) is 1. The number of hydrogen-bond donors (Lipinski definition) is 1. The summed E-state index contributed by atoms with van der Waals surface area (Å²) in [6.45, 7) is 3.88. The summed E-state index contributed by atoms with van der Waals surface area (Å²) in [7, 11) is -3.77. The van der Waals surface area contributed by atoms with E-state index in [1.807, 2.05) is 35.2 Å². The lowest BCUT2D eigenvalue weighted by atomic mass is 9.81. The van der Waals surface area contributed by atoms with Crippen molar-refractivity contribution in [2.75, 3.05) is 30.8 Å². The maximum atomic E-state index is 13.1. The Morgan fingerprint density at radius 3 is 2.47 bits per heavy atom. The molecule has 1 aliphatic carbocycles. The summed E-state index contributed by atoms with van der Waals surface area (Å²) >= 11 is 0. The van der Waals surface area contributed by atoms with Crippen LogP contribution in [0, 0.1) is 5.92 Å². The normalized spacial score (nSPS) is 21.8. The van der Waals surface area contributed by atoms with Crippen molar-refractivity contribution in [3.8, 4) is 5.69 Å². The van der Waals surface area contributed by atoms with Crippen LogP contribution < -0.4 is 9.62 Å². The Bertz CT molecular complexity index is 1520. The van der Waals surface area contributed by atoms with Gasteiger partial charge in [-0.2, -0.15) is 5.10 Å². The van der Waals surface area contributed by atoms with E-state index in [0.717, 1.165) is 80.4 Å². The van der Waals surface area contributed by atoms with E-state index < -0.39 is 15.9 Å². The van der Waals surface area contributed by atoms with Crippen molar-refractivity contribution >= 4 is 38.6 Å². The Morgan fingerprint density at radius 1 is 1.05 bits per heavy atom. The lowest BCUT2D eigenvalue weighted by Gasteiger charge is -2.39. The zero-order valence-corrected chi connectivity index (χ0v) is 22.4. The van der Waals surface area contributed by atoms with E-state index >= 15 is 0 Å². The fourth-order valence-corrected chi connectivity index (χ4v) is 6.66. The SMILES string of the molecule is CC(=O)N1CCC2CN(c3cc(C(=O)NS(C)(=O)=O)nc4c3c(C3CCC3)nn4-c3ccccc3)CCC21. The van der Waals surface area contributed by atoms with Crippen molar-refractivity contribution in [2.24, 2.45) is 5.92 Å². The lowest BCUT2D eigenvalue weighted by Crippen LogP contribution is -2.47. The first-order valence-corrected chi connectivity index (χ1v) is 15.1. The summed E-state index contributed by atoms with van der Waals surface area (Å²) in [5, 5.41) is 5.96. The number of pyridine rings is 1. The first-order chi connectivity index (χ1) is 18.2. The Hall–Kier alpha value is -3.47. The summed E-state index contributed by atoms with van der Waals surface area (Å²) in [6.07, 6.45) is 5.98. The van der Waals surface area contributed by atoms with Gasteiger partial charge in [-0.1, -0.05) is 24.6 Å². The summed E-state index contributed by atoms with van der Waals surface area (Å²) in [6, 6.07) is 11.6. The largest absolute Gasteiger partial charge is 0.370 e. The van der Waals surface area contributed by atoms with Gasteiger partial charge in [-0.3, -0.25) is 9.59 Å². The number of nitrogens with zero attached hydrogens (tertiary/aromatic N) is 5. The number of rotatable bonds is 5. The van der Waals surface area contributed by atoms with E-state index in [2.05, 4.69) is 9.62 Å². The maximum absolute atomic E-state index is 13.1. The molecule has 6 rings (SSSR count). The maximum Gasteiger partial charge on any atom is 0.283 e. The third kappa shape index (κ3) is 4.42. The van der Waals surface area contributed by atoms with Crippen LogP contribution in [0.15, 0.2) is 36.4 Å². The highest BCUT2D eigenvalue weighted by Crippen LogP contribution is 2.44. The molecule has 2 aliphatic heterocycles. The van der Waals surface area contributed by atoms with Crippen LogP contribution in [0.4, 0.5) is 5.69 Å². The van der Waals surface area contributed by atoms with Crippen LogP contribution in [0.1, 0.15) is 61.1 Å². The van der Waals surface area contributed by atoms with Crippen molar-refractivity contribution in [1.82, 2.24) is 24.4 Å². The van der Waals surface area contributed by atoms with E-state index in [1.54, 1.807) is 17.7 Å². The summed E-state index contributed by atoms with van der Waals surface area (Å²) < 4.78 is 27.6. The van der Waals surface area contributed by atoms with Crippen molar-refractivity contribution in [2.45, 2.75) is 51.0 Å². The second kappa shape index (κ2) is 9.37. The number of likely N-dealkylation sites (tertiary alicyclic amines) is 1. The van der Waals surface area contributed by atoms with Gasteiger partial charge in [-0.05, 0) is 49.8 Å². The number of amides is 2. The second-order valence-electron chi connectivity index (χ2n) is 10.8. The van der Waals surface area contributed by atoms with Crippen LogP contribution in [0.3, 0.4) is 0 Å². The van der Waals surface area contributed by atoms with Gasteiger partial charge in [0, 0.05) is 38.5 Å². The van der Waals surface area contributed by atoms with Crippen LogP contribution >= 0.6 is 0 Å². The Morgan fingerprint density at radius 2 is 1.82 bits per heavy atom. The van der Waals surface area contributed by atoms with Crippen LogP contribution in [0.5, 0.6) is 0 Å². The molecule has 1 aromatic carbocycles. The van der Waals surface area contributed by atoms with Gasteiger partial charge in [0.05, 0.1) is 28.7 Å². The molecule has 2 atom stereocenters. The number of fused-ring (bicyclic) bond motifs is 2. The number of sulfonamides is 1. The standard InChI is InChI=1S/C27H32N6O4S/c1-17(34)32-14-11-19-16-31(13-12-22(19)32)23-15-21(27(35)30-38(2,36)37)28-26-24(23)25(18-7-6-8-18)29-33(26)20-9-4-3-5-10-20/h3-5,9-10,15,18-19,22H,6-8,11-14,16H2,1-2H3,(H,30,35). The van der Waals surface area contributed by atoms with Crippen molar-refractivity contribution in [3.05, 3.63) is 47.8 Å². The average molecular weight is 537 g/mol. The summed E-state index contributed by atoms with van der Waals surface area (Å²) in [5.41, 5.74) is 3.25. The van der Waals surface area contributed by atoms with E-state index in [4.69, 9.17) is 10.1 Å². The zero-order chi connectivity index (χ0) is 26.6. The molecule has 3 aromatic rings. The number of carbonyl (C=O) groups is 2. The molecule has 2 saturated heterocycles. The molecule has 11 heteroatoms. The van der Waals surface area contributed by atoms with Crippen LogP contribution in [-0.4, -0.2) is 71.8 Å². The zero-order valence-electron chi connectivity index (χ0n) is 21.6. The second-order valence-corrected chi connectivity index (χ2v) is 12.5. The monoisotopic (exact) mass is 536 g/mol. The van der Waals surface area contributed by atoms with Crippen LogP contribution in [-0.2, 0) is 14.8 Å². The molecule has 0 radical (unpaired) electrons. The van der Waals surface area contributed by atoms with E-state index in [9.17, 15) is 18.0 Å². The topological polar surface area (TPSA) is 118 Å². The smallest absolute Gasteiger partial charge is 0.283 e. The van der Waals surface area contributed by atoms with Gasteiger partial charge in [-0.15, -0.1) is 0 Å². The molecular formula is C27H32N6O4S. The van der Waals surface area contributed by atoms with Crippen molar-refractivity contribution in [3.63, 3.8) is 0 Å². The van der Waals surface area contributed by atoms with Gasteiger partial charge < -0.3 is 9.80 Å². The molecule has 0 bridgehead atoms. The molecule has 1 saturated carbocycles. The van der Waals surface area contributed by atoms with Gasteiger partial charge in [0.2, 0.25) is 15.9 Å². The Labute approximate surface area is 222 Å². The predicted octanol–water partition coefficient (Wildman–Crippen LogP) is 2.82. The molecule has 200 valence electrons. The van der Waals surface area contributed by atoms with Gasteiger partial charge in [0.15, 0.2) is 5.65 Å². The number of anilines is 1. The van der Waals surface area contributed by atoms with Gasteiger partial charge in [0.25, 0.3) is 5.91 Å². The summed E-state index contributed by atoms with van der Waals surface area (Å²) in [5.74, 6) is 0.00460. The number of benzene rings is 1. The molecule has 4 heterocycles. The number of carbonyl (C=O) groups excluding carboxylic acids is 2. The first kappa shape index (κ1) is 24.8. The van der Waals surface area contributed by atoms with Gasteiger partial charge in [-0.25, -0.2) is 22.8 Å². The van der Waals surface area contributed by atoms with E-state index in [-0.39, 0.29) is 17.6 Å². The molecule has 2 aromatic heterocycles. The van der Waals surface area contributed by atoms with Gasteiger partial charge >= 0.3 is 0 Å². The molecule has 1 N–H and O–H groups in total. The Kier molecular flexibility index (Phi) is 6.13. The number of piperidine rings is 1. The molecular weight excluding hydrogens is 504 g/mol. The summed E-state index contributed by atoms with van der Waals surface area (Å²) in [4.78, 5) is 34.2. The fourth-order valence-electron chi connectivity index (χ4n) is 6.22. The molecule has 2 unspecified atom stereocenters. The highest BCUT2D eigenvalue weighted by molar-refractivity contribution is 7.89. The molecule has 10 nitrogen and oxygen atoms in total. The van der Waals surface area contributed by atoms with E-state index in [1.165, 1.54) is 0 Å². The highest BCUT2D eigenvalue weighted by Gasteiger charge is 2.40. The van der Waals surface area contributed by atoms with Crippen molar-refractivity contribution in [1.29, 1.82) is 0 Å². The molecule has 0 spiro atoms. The number of aromatic nitrogens is 3. The van der Waals surface area contributed by atoms with Crippen LogP contribution in [0.2, 0.25) is 0 Å². The molecule has 3 fully saturated rings. The Balaban J connectivity index is 1.51. The van der Waals surface area contributed by atoms with Crippen LogP contribution in [0.25, 0.3) is 16.7 Å². The quantitative estimate of drug-likeness (QED) is 0.533. The third-order valence-electron chi connectivity index (χ3n) is 8.23. The van der Waals surface area contributed by atoms with E-state index in [0.29, 0.717) is 17.5 Å². The molecule has 2 amide bonds. The lowest BCUT2D eigenvalue weighted by molar-refractivity contribution is -0.130. The fraction of sp³-hybridized carbons (Fsp3) is 0.481. The minimum atomic E-state index is -3.77. The average Bonchev–Trinajstić information content (AvgIpc) is 3.44. The third-order valence-corrected chi connectivity index (χ3v) is 8.78. The van der Waals surface area contributed by atoms with Gasteiger partial charge in [0.1, 0.15) is 5.69 Å². The predicted molar refractivity (Wildman–Crippen MR) is 144 cm³/mol. The minimum absolute atomic E-state index is 0.0362. The molecule has 3 aliphatic rings.